The molecule has 1 N–H and O–H groups in total. The minimum atomic E-state index is -0.244. The van der Waals surface area contributed by atoms with Crippen molar-refractivity contribution >= 4 is 33.2 Å². The van der Waals surface area contributed by atoms with Crippen LogP contribution < -0.4 is 15.8 Å². The summed E-state index contributed by atoms with van der Waals surface area (Å²) in [5, 5.41) is 6.89. The number of nitrogens with zero attached hydrogens (tertiary/aromatic N) is 3. The molecule has 0 fully saturated rings. The largest absolute Gasteiger partial charge is 0.363 e. The number of para-hydroxylation sites is 1. The van der Waals surface area contributed by atoms with Crippen LogP contribution in [0.4, 0.5) is 11.4 Å². The number of benzene rings is 1. The van der Waals surface area contributed by atoms with Crippen molar-refractivity contribution in [3.63, 3.8) is 0 Å². The molecule has 1 amide bonds. The fourth-order valence-electron chi connectivity index (χ4n) is 2.21. The minimum Gasteiger partial charge on any atom is -0.363 e. The number of aryl methyl sites for hydroxylation is 2. The first-order valence-electron chi connectivity index (χ1n) is 7.24. The zero-order valence-corrected chi connectivity index (χ0v) is 14.9. The molecule has 122 valence electrons. The average Bonchev–Trinajstić information content (AvgIpc) is 2.53. The summed E-state index contributed by atoms with van der Waals surface area (Å²) < 4.78 is 1.62. The molecule has 0 saturated heterocycles. The Bertz CT molecular complexity index is 773. The summed E-state index contributed by atoms with van der Waals surface area (Å²) in [4.78, 5) is 25.8. The molecule has 2 aromatic rings. The maximum Gasteiger partial charge on any atom is 0.282 e. The third-order valence-electron chi connectivity index (χ3n) is 3.52. The minimum absolute atomic E-state index is 0.117. The lowest BCUT2D eigenvalue weighted by Gasteiger charge is -2.20. The number of hydrogen-bond donors (Lipinski definition) is 1. The van der Waals surface area contributed by atoms with Gasteiger partial charge >= 0.3 is 0 Å². The van der Waals surface area contributed by atoms with Crippen molar-refractivity contribution in [3.8, 4) is 0 Å². The van der Waals surface area contributed by atoms with E-state index in [4.69, 9.17) is 0 Å². The normalized spacial score (nSPS) is 10.4. The van der Waals surface area contributed by atoms with Gasteiger partial charge < -0.3 is 10.2 Å². The Balaban J connectivity index is 2.11. The summed E-state index contributed by atoms with van der Waals surface area (Å²) >= 11 is 3.26. The van der Waals surface area contributed by atoms with Gasteiger partial charge in [-0.2, -0.15) is 5.10 Å². The van der Waals surface area contributed by atoms with Gasteiger partial charge in [-0.05, 0) is 34.0 Å². The summed E-state index contributed by atoms with van der Waals surface area (Å²) in [6.07, 6.45) is 2.40. The zero-order chi connectivity index (χ0) is 17.0. The van der Waals surface area contributed by atoms with Crippen LogP contribution in [-0.4, -0.2) is 29.3 Å². The number of likely N-dealkylation sites (N-methyl/N-ethyl adjacent to an activating group) is 1. The van der Waals surface area contributed by atoms with E-state index >= 15 is 0 Å². The fourth-order valence-corrected chi connectivity index (χ4v) is 2.87. The molecule has 0 spiro atoms. The maximum atomic E-state index is 12.3. The lowest BCUT2D eigenvalue weighted by atomic mass is 10.1. The molecular formula is C16H19BrN4O2. The highest BCUT2D eigenvalue weighted by molar-refractivity contribution is 9.10. The van der Waals surface area contributed by atoms with Gasteiger partial charge in [0, 0.05) is 19.8 Å². The molecule has 0 radical (unpaired) electrons. The second kappa shape index (κ2) is 7.41. The van der Waals surface area contributed by atoms with E-state index in [1.165, 1.54) is 4.68 Å². The average molecular weight is 379 g/mol. The van der Waals surface area contributed by atoms with E-state index < -0.39 is 0 Å². The number of carbonyl (C=O) groups is 1. The monoisotopic (exact) mass is 378 g/mol. The van der Waals surface area contributed by atoms with E-state index in [-0.39, 0.29) is 18.0 Å². The molecule has 1 heterocycles. The predicted octanol–water partition coefficient (Wildman–Crippen LogP) is 2.18. The van der Waals surface area contributed by atoms with Crippen molar-refractivity contribution in [2.24, 2.45) is 7.05 Å². The maximum absolute atomic E-state index is 12.3. The van der Waals surface area contributed by atoms with Crippen LogP contribution in [0.1, 0.15) is 12.5 Å². The first kappa shape index (κ1) is 17.2. The molecule has 0 unspecified atom stereocenters. The number of nitrogens with one attached hydrogen (secondary N) is 1. The summed E-state index contributed by atoms with van der Waals surface area (Å²) in [6.45, 7) is 2.16. The molecule has 7 heteroatoms. The molecule has 0 aliphatic heterocycles. The van der Waals surface area contributed by atoms with Crippen LogP contribution >= 0.6 is 15.9 Å². The van der Waals surface area contributed by atoms with Crippen molar-refractivity contribution < 1.29 is 4.79 Å². The number of carbonyl (C=O) groups excluding carboxylic acids is 1. The molecule has 0 saturated carbocycles. The number of amides is 1. The Kier molecular flexibility index (Phi) is 5.54. The van der Waals surface area contributed by atoms with Gasteiger partial charge in [-0.25, -0.2) is 4.68 Å². The van der Waals surface area contributed by atoms with Gasteiger partial charge in [0.15, 0.2) is 0 Å². The summed E-state index contributed by atoms with van der Waals surface area (Å²) in [6, 6.07) is 7.70. The van der Waals surface area contributed by atoms with E-state index in [1.54, 1.807) is 25.2 Å². The van der Waals surface area contributed by atoms with Crippen LogP contribution in [0.2, 0.25) is 0 Å². The highest BCUT2D eigenvalue weighted by atomic mass is 79.9. The van der Waals surface area contributed by atoms with Gasteiger partial charge in [-0.1, -0.05) is 25.1 Å². The Morgan fingerprint density at radius 3 is 2.78 bits per heavy atom. The second-order valence-electron chi connectivity index (χ2n) is 5.19. The molecule has 1 aromatic heterocycles. The summed E-state index contributed by atoms with van der Waals surface area (Å²) in [5.41, 5.74) is 2.23. The van der Waals surface area contributed by atoms with Gasteiger partial charge in [-0.3, -0.25) is 9.59 Å². The smallest absolute Gasteiger partial charge is 0.282 e. The van der Waals surface area contributed by atoms with Crippen molar-refractivity contribution in [2.75, 3.05) is 23.8 Å². The first-order chi connectivity index (χ1) is 10.9. The van der Waals surface area contributed by atoms with E-state index in [0.29, 0.717) is 10.2 Å². The number of hydrogen-bond acceptors (Lipinski definition) is 4. The standard InChI is InChI=1S/C16H19BrN4O2/c1-4-11-7-5-6-8-12(11)19-14(22)10-20(2)13-9-18-21(3)16(23)15(13)17/h5-9H,4,10H2,1-3H3,(H,19,22). The third-order valence-corrected chi connectivity index (χ3v) is 4.27. The Hall–Kier alpha value is -2.15. The molecule has 0 bridgehead atoms. The van der Waals surface area contributed by atoms with E-state index in [1.807, 2.05) is 31.2 Å². The van der Waals surface area contributed by atoms with Crippen LogP contribution in [-0.2, 0) is 18.3 Å². The van der Waals surface area contributed by atoms with Crippen molar-refractivity contribution in [2.45, 2.75) is 13.3 Å². The molecule has 23 heavy (non-hydrogen) atoms. The number of aromatic nitrogens is 2. The molecule has 0 atom stereocenters. The molecular weight excluding hydrogens is 360 g/mol. The number of rotatable bonds is 5. The Labute approximate surface area is 143 Å². The second-order valence-corrected chi connectivity index (χ2v) is 5.98. The van der Waals surface area contributed by atoms with Gasteiger partial charge in [-0.15, -0.1) is 0 Å². The molecule has 2 rings (SSSR count). The van der Waals surface area contributed by atoms with E-state index in [2.05, 4.69) is 26.3 Å². The lowest BCUT2D eigenvalue weighted by molar-refractivity contribution is -0.114. The fraction of sp³-hybridized carbons (Fsp3) is 0.312. The van der Waals surface area contributed by atoms with E-state index in [9.17, 15) is 9.59 Å². The quantitative estimate of drug-likeness (QED) is 0.865. The van der Waals surface area contributed by atoms with E-state index in [0.717, 1.165) is 17.7 Å². The van der Waals surface area contributed by atoms with Crippen LogP contribution in [0.15, 0.2) is 39.7 Å². The van der Waals surface area contributed by atoms with Crippen LogP contribution in [0.25, 0.3) is 0 Å². The highest BCUT2D eigenvalue weighted by Crippen LogP contribution is 2.20. The third kappa shape index (κ3) is 3.98. The van der Waals surface area contributed by atoms with Crippen LogP contribution in [0.5, 0.6) is 0 Å². The van der Waals surface area contributed by atoms with Gasteiger partial charge in [0.1, 0.15) is 4.47 Å². The lowest BCUT2D eigenvalue weighted by Crippen LogP contribution is -2.32. The van der Waals surface area contributed by atoms with Gasteiger partial charge in [0.25, 0.3) is 5.56 Å². The number of halogens is 1. The first-order valence-corrected chi connectivity index (χ1v) is 8.04. The summed E-state index contributed by atoms with van der Waals surface area (Å²) in [5.74, 6) is -0.152. The van der Waals surface area contributed by atoms with Gasteiger partial charge in [0.2, 0.25) is 5.91 Å². The molecule has 6 nitrogen and oxygen atoms in total. The number of anilines is 2. The predicted molar refractivity (Wildman–Crippen MR) is 94.9 cm³/mol. The Morgan fingerprint density at radius 1 is 1.39 bits per heavy atom. The van der Waals surface area contributed by atoms with Crippen molar-refractivity contribution in [1.29, 1.82) is 0 Å². The van der Waals surface area contributed by atoms with Gasteiger partial charge in [0.05, 0.1) is 18.4 Å². The van der Waals surface area contributed by atoms with Crippen LogP contribution in [0.3, 0.4) is 0 Å². The highest BCUT2D eigenvalue weighted by Gasteiger charge is 2.14. The van der Waals surface area contributed by atoms with Crippen LogP contribution in [0, 0.1) is 0 Å². The SMILES string of the molecule is CCc1ccccc1NC(=O)CN(C)c1cnn(C)c(=O)c1Br. The van der Waals surface area contributed by atoms with Crippen molar-refractivity contribution in [1.82, 2.24) is 9.78 Å². The molecule has 0 aliphatic carbocycles. The van der Waals surface area contributed by atoms with Crippen molar-refractivity contribution in [3.05, 3.63) is 50.9 Å². The summed E-state index contributed by atoms with van der Waals surface area (Å²) in [7, 11) is 3.32. The Morgan fingerprint density at radius 2 is 2.09 bits per heavy atom. The topological polar surface area (TPSA) is 67.2 Å². The zero-order valence-electron chi connectivity index (χ0n) is 13.3. The molecule has 1 aromatic carbocycles. The molecule has 0 aliphatic rings.